The van der Waals surface area contributed by atoms with Crippen molar-refractivity contribution < 1.29 is 15.0 Å². The molecule has 1 fully saturated rings. The third-order valence-corrected chi connectivity index (χ3v) is 5.42. The number of rotatable bonds is 4. The van der Waals surface area contributed by atoms with Gasteiger partial charge in [-0.25, -0.2) is 4.98 Å². The lowest BCUT2D eigenvalue weighted by Crippen LogP contribution is -2.51. The van der Waals surface area contributed by atoms with Crippen LogP contribution in [0.2, 0.25) is 0 Å². The van der Waals surface area contributed by atoms with Gasteiger partial charge in [0, 0.05) is 18.8 Å². The zero-order valence-corrected chi connectivity index (χ0v) is 14.4. The summed E-state index contributed by atoms with van der Waals surface area (Å²) in [6, 6.07) is 9.65. The fourth-order valence-corrected chi connectivity index (χ4v) is 3.95. The highest BCUT2D eigenvalue weighted by atomic mass is 32.1. The molecule has 1 aliphatic carbocycles. The highest BCUT2D eigenvalue weighted by Crippen LogP contribution is 2.24. The van der Waals surface area contributed by atoms with E-state index >= 15 is 0 Å². The SMILES string of the molecule is CN(C(=O)c1csc(Cc2ccccc2)n1)[C@@H]1CCC[C@@H](O)[C@@H]1O. The Morgan fingerprint density at radius 2 is 2.04 bits per heavy atom. The summed E-state index contributed by atoms with van der Waals surface area (Å²) in [5.41, 5.74) is 1.56. The molecule has 0 radical (unpaired) electrons. The largest absolute Gasteiger partial charge is 0.390 e. The van der Waals surface area contributed by atoms with E-state index in [4.69, 9.17) is 0 Å². The minimum atomic E-state index is -0.893. The quantitative estimate of drug-likeness (QED) is 0.889. The zero-order valence-electron chi connectivity index (χ0n) is 13.6. The average molecular weight is 346 g/mol. The molecule has 24 heavy (non-hydrogen) atoms. The van der Waals surface area contributed by atoms with E-state index in [1.807, 2.05) is 30.3 Å². The van der Waals surface area contributed by atoms with Crippen molar-refractivity contribution >= 4 is 17.2 Å². The minimum absolute atomic E-state index is 0.205. The van der Waals surface area contributed by atoms with Gasteiger partial charge in [0.1, 0.15) is 11.8 Å². The third-order valence-electron chi connectivity index (χ3n) is 4.58. The Labute approximate surface area is 145 Å². The van der Waals surface area contributed by atoms with Crippen molar-refractivity contribution in [2.45, 2.75) is 43.9 Å². The molecule has 0 saturated heterocycles. The van der Waals surface area contributed by atoms with Crippen LogP contribution in [0.4, 0.5) is 0 Å². The van der Waals surface area contributed by atoms with Gasteiger partial charge in [-0.05, 0) is 24.8 Å². The fourth-order valence-electron chi connectivity index (χ4n) is 3.15. The molecule has 3 rings (SSSR count). The predicted molar refractivity (Wildman–Crippen MR) is 93.1 cm³/mol. The van der Waals surface area contributed by atoms with Gasteiger partial charge >= 0.3 is 0 Å². The number of likely N-dealkylation sites (N-methyl/N-ethyl adjacent to an activating group) is 1. The van der Waals surface area contributed by atoms with E-state index in [1.54, 1.807) is 12.4 Å². The Balaban J connectivity index is 1.69. The maximum atomic E-state index is 12.6. The second kappa shape index (κ2) is 7.42. The molecule has 5 nitrogen and oxygen atoms in total. The summed E-state index contributed by atoms with van der Waals surface area (Å²) < 4.78 is 0. The first-order chi connectivity index (χ1) is 11.6. The number of aromatic nitrogens is 1. The minimum Gasteiger partial charge on any atom is -0.390 e. The van der Waals surface area contributed by atoms with Gasteiger partial charge in [-0.1, -0.05) is 30.3 Å². The Morgan fingerprint density at radius 1 is 1.29 bits per heavy atom. The summed E-state index contributed by atoms with van der Waals surface area (Å²) >= 11 is 1.47. The van der Waals surface area contributed by atoms with Crippen molar-refractivity contribution in [1.29, 1.82) is 0 Å². The molecule has 1 amide bonds. The van der Waals surface area contributed by atoms with Gasteiger partial charge in [-0.2, -0.15) is 0 Å². The zero-order chi connectivity index (χ0) is 17.1. The lowest BCUT2D eigenvalue weighted by Gasteiger charge is -2.37. The van der Waals surface area contributed by atoms with Gasteiger partial charge in [0.15, 0.2) is 0 Å². The predicted octanol–water partition coefficient (Wildman–Crippen LogP) is 2.08. The Hall–Kier alpha value is -1.76. The first-order valence-electron chi connectivity index (χ1n) is 8.18. The van der Waals surface area contributed by atoms with Crippen LogP contribution in [0.25, 0.3) is 0 Å². The standard InChI is InChI=1S/C18H22N2O3S/c1-20(14-8-5-9-15(21)17(14)22)18(23)13-11-24-16(19-13)10-12-6-3-2-4-7-12/h2-4,6-7,11,14-15,17,21-22H,5,8-10H2,1H3/t14-,15-,17-/m1/s1. The van der Waals surface area contributed by atoms with Crippen molar-refractivity contribution in [3.63, 3.8) is 0 Å². The number of carbonyl (C=O) groups excluding carboxylic acids is 1. The van der Waals surface area contributed by atoms with Crippen LogP contribution in [0.15, 0.2) is 35.7 Å². The number of hydrogen-bond acceptors (Lipinski definition) is 5. The van der Waals surface area contributed by atoms with Gasteiger partial charge in [0.25, 0.3) is 5.91 Å². The number of amides is 1. The van der Waals surface area contributed by atoms with Gasteiger partial charge < -0.3 is 15.1 Å². The Morgan fingerprint density at radius 3 is 2.79 bits per heavy atom. The summed E-state index contributed by atoms with van der Waals surface area (Å²) in [6.07, 6.45) is 1.13. The Bertz CT molecular complexity index is 689. The molecule has 0 aliphatic heterocycles. The number of aliphatic hydroxyl groups is 2. The molecule has 1 aromatic carbocycles. The monoisotopic (exact) mass is 346 g/mol. The molecule has 0 unspecified atom stereocenters. The van der Waals surface area contributed by atoms with E-state index in [0.717, 1.165) is 17.0 Å². The normalized spacial score (nSPS) is 23.9. The van der Waals surface area contributed by atoms with E-state index in [-0.39, 0.29) is 11.9 Å². The van der Waals surface area contributed by atoms with Crippen molar-refractivity contribution in [1.82, 2.24) is 9.88 Å². The second-order valence-corrected chi connectivity index (χ2v) is 7.20. The Kier molecular flexibility index (Phi) is 5.28. The van der Waals surface area contributed by atoms with Crippen LogP contribution in [-0.2, 0) is 6.42 Å². The summed E-state index contributed by atoms with van der Waals surface area (Å²) in [4.78, 5) is 18.6. The van der Waals surface area contributed by atoms with Crippen LogP contribution >= 0.6 is 11.3 Å². The highest BCUT2D eigenvalue weighted by Gasteiger charge is 2.35. The lowest BCUT2D eigenvalue weighted by molar-refractivity contribution is -0.0527. The molecule has 6 heteroatoms. The van der Waals surface area contributed by atoms with Gasteiger partial charge in [0.05, 0.1) is 17.2 Å². The highest BCUT2D eigenvalue weighted by molar-refractivity contribution is 7.09. The van der Waals surface area contributed by atoms with E-state index in [0.29, 0.717) is 25.0 Å². The average Bonchev–Trinajstić information content (AvgIpc) is 3.05. The molecule has 2 N–H and O–H groups in total. The fraction of sp³-hybridized carbons (Fsp3) is 0.444. The number of hydrogen-bond donors (Lipinski definition) is 2. The van der Waals surface area contributed by atoms with Crippen LogP contribution in [0.1, 0.15) is 40.3 Å². The summed E-state index contributed by atoms with van der Waals surface area (Å²) in [5.74, 6) is -0.205. The molecule has 128 valence electrons. The number of nitrogens with zero attached hydrogens (tertiary/aromatic N) is 2. The topological polar surface area (TPSA) is 73.7 Å². The van der Waals surface area contributed by atoms with Gasteiger partial charge in [-0.3, -0.25) is 4.79 Å². The number of thiazole rings is 1. The van der Waals surface area contributed by atoms with E-state index in [2.05, 4.69) is 4.98 Å². The van der Waals surface area contributed by atoms with E-state index in [9.17, 15) is 15.0 Å². The first kappa shape index (κ1) is 17.1. The molecular formula is C18H22N2O3S. The first-order valence-corrected chi connectivity index (χ1v) is 9.06. The maximum Gasteiger partial charge on any atom is 0.273 e. The molecule has 3 atom stereocenters. The van der Waals surface area contributed by atoms with Crippen LogP contribution in [0, 0.1) is 0 Å². The van der Waals surface area contributed by atoms with E-state index in [1.165, 1.54) is 16.2 Å². The van der Waals surface area contributed by atoms with Gasteiger partial charge in [-0.15, -0.1) is 11.3 Å². The van der Waals surface area contributed by atoms with Crippen molar-refractivity contribution in [3.8, 4) is 0 Å². The molecular weight excluding hydrogens is 324 g/mol. The molecule has 1 saturated carbocycles. The summed E-state index contributed by atoms with van der Waals surface area (Å²) in [5, 5.41) is 22.6. The van der Waals surface area contributed by atoms with Gasteiger partial charge in [0.2, 0.25) is 0 Å². The number of carbonyl (C=O) groups is 1. The molecule has 0 spiro atoms. The molecule has 0 bridgehead atoms. The third kappa shape index (κ3) is 3.66. The molecule has 2 aromatic rings. The van der Waals surface area contributed by atoms with Crippen molar-refractivity contribution in [3.05, 3.63) is 52.0 Å². The molecule has 1 aromatic heterocycles. The van der Waals surface area contributed by atoms with E-state index < -0.39 is 12.2 Å². The number of aliphatic hydroxyl groups excluding tert-OH is 2. The molecule has 1 aliphatic rings. The summed E-state index contributed by atoms with van der Waals surface area (Å²) in [7, 11) is 1.67. The smallest absolute Gasteiger partial charge is 0.273 e. The van der Waals surface area contributed by atoms with Crippen molar-refractivity contribution in [2.75, 3.05) is 7.05 Å². The van der Waals surface area contributed by atoms with Crippen LogP contribution in [0.5, 0.6) is 0 Å². The number of benzene rings is 1. The molecule has 1 heterocycles. The van der Waals surface area contributed by atoms with Crippen LogP contribution in [0.3, 0.4) is 0 Å². The van der Waals surface area contributed by atoms with Crippen LogP contribution in [-0.4, -0.2) is 51.3 Å². The van der Waals surface area contributed by atoms with Crippen molar-refractivity contribution in [2.24, 2.45) is 0 Å². The summed E-state index contributed by atoms with van der Waals surface area (Å²) in [6.45, 7) is 0. The second-order valence-electron chi connectivity index (χ2n) is 6.26. The lowest BCUT2D eigenvalue weighted by atomic mass is 9.89. The maximum absolute atomic E-state index is 12.6. The van der Waals surface area contributed by atoms with Crippen LogP contribution < -0.4 is 0 Å².